The maximum absolute atomic E-state index is 14.0. The summed E-state index contributed by atoms with van der Waals surface area (Å²) in [7, 11) is 1.56. The van der Waals surface area contributed by atoms with Gasteiger partial charge in [0.2, 0.25) is 0 Å². The van der Waals surface area contributed by atoms with Crippen LogP contribution in [0.5, 0.6) is 11.5 Å². The van der Waals surface area contributed by atoms with Crippen LogP contribution in [0.4, 0.5) is 8.78 Å². The minimum absolute atomic E-state index is 0.0856. The summed E-state index contributed by atoms with van der Waals surface area (Å²) >= 11 is 0. The smallest absolute Gasteiger partial charge is 0.162 e. The Balaban J connectivity index is 1.97. The van der Waals surface area contributed by atoms with E-state index in [4.69, 9.17) is 9.47 Å². The zero-order valence-electron chi connectivity index (χ0n) is 14.5. The molecule has 3 nitrogen and oxygen atoms in total. The topological polar surface area (TPSA) is 42.2 Å². The summed E-state index contributed by atoms with van der Waals surface area (Å²) in [5, 5.41) is 9.38. The average Bonchev–Trinajstić information content (AvgIpc) is 3.14. The normalized spacial score (nSPS) is 14.9. The highest BCUT2D eigenvalue weighted by molar-refractivity contribution is 5.90. The van der Waals surface area contributed by atoms with Crippen molar-refractivity contribution >= 4 is 11.6 Å². The molecule has 0 atom stereocenters. The molecule has 5 heteroatoms. The minimum atomic E-state index is -0.770. The number of methoxy groups -OCH3 is 1. The summed E-state index contributed by atoms with van der Waals surface area (Å²) in [5.74, 6) is -0.383. The lowest BCUT2D eigenvalue weighted by molar-refractivity contribution is 0.201. The molecule has 0 saturated heterocycles. The van der Waals surface area contributed by atoms with Gasteiger partial charge in [-0.05, 0) is 61.6 Å². The first-order chi connectivity index (χ1) is 12.6. The molecular formula is C21H19F2NO2. The van der Waals surface area contributed by atoms with E-state index < -0.39 is 11.6 Å². The second-order valence-corrected chi connectivity index (χ2v) is 6.20. The number of hydrogen-bond acceptors (Lipinski definition) is 3. The molecule has 2 aromatic rings. The summed E-state index contributed by atoms with van der Waals surface area (Å²) in [4.78, 5) is 0. The van der Waals surface area contributed by atoms with E-state index in [0.29, 0.717) is 17.1 Å². The van der Waals surface area contributed by atoms with Gasteiger partial charge in [0.15, 0.2) is 11.5 Å². The fourth-order valence-corrected chi connectivity index (χ4v) is 3.14. The number of ether oxygens (including phenoxy) is 2. The lowest BCUT2D eigenvalue weighted by atomic mass is 10.0. The van der Waals surface area contributed by atoms with Crippen LogP contribution in [-0.2, 0) is 0 Å². The van der Waals surface area contributed by atoms with Crippen LogP contribution < -0.4 is 9.47 Å². The first-order valence-electron chi connectivity index (χ1n) is 8.53. The van der Waals surface area contributed by atoms with Crippen LogP contribution in [0.25, 0.3) is 11.6 Å². The van der Waals surface area contributed by atoms with Gasteiger partial charge in [-0.2, -0.15) is 5.26 Å². The van der Waals surface area contributed by atoms with Crippen LogP contribution in [0, 0.1) is 23.0 Å². The Morgan fingerprint density at radius 2 is 1.81 bits per heavy atom. The van der Waals surface area contributed by atoms with Gasteiger partial charge in [-0.3, -0.25) is 0 Å². The third kappa shape index (κ3) is 3.85. The zero-order valence-corrected chi connectivity index (χ0v) is 14.5. The van der Waals surface area contributed by atoms with Crippen molar-refractivity contribution in [3.05, 3.63) is 59.2 Å². The van der Waals surface area contributed by atoms with Gasteiger partial charge in [0, 0.05) is 0 Å². The van der Waals surface area contributed by atoms with Gasteiger partial charge in [0.05, 0.1) is 30.4 Å². The summed E-state index contributed by atoms with van der Waals surface area (Å²) in [6.07, 6.45) is 5.85. The molecule has 0 aromatic heterocycles. The van der Waals surface area contributed by atoms with Crippen molar-refractivity contribution in [2.45, 2.75) is 31.8 Å². The molecule has 0 amide bonds. The highest BCUT2D eigenvalue weighted by atomic mass is 19.1. The quantitative estimate of drug-likeness (QED) is 0.536. The molecule has 1 fully saturated rings. The highest BCUT2D eigenvalue weighted by Crippen LogP contribution is 2.33. The Kier molecular flexibility index (Phi) is 5.52. The number of hydrogen-bond donors (Lipinski definition) is 0. The van der Waals surface area contributed by atoms with Crippen molar-refractivity contribution in [3.63, 3.8) is 0 Å². The van der Waals surface area contributed by atoms with Crippen molar-refractivity contribution in [2.75, 3.05) is 7.11 Å². The van der Waals surface area contributed by atoms with Crippen molar-refractivity contribution in [1.29, 1.82) is 5.26 Å². The number of halogens is 2. The Labute approximate surface area is 151 Å². The van der Waals surface area contributed by atoms with Crippen molar-refractivity contribution in [2.24, 2.45) is 0 Å². The van der Waals surface area contributed by atoms with Crippen LogP contribution >= 0.6 is 0 Å². The molecule has 0 unspecified atom stereocenters. The Morgan fingerprint density at radius 1 is 1.12 bits per heavy atom. The van der Waals surface area contributed by atoms with E-state index in [1.807, 2.05) is 6.07 Å². The first kappa shape index (κ1) is 17.9. The molecule has 0 N–H and O–H groups in total. The fourth-order valence-electron chi connectivity index (χ4n) is 3.14. The second kappa shape index (κ2) is 8.01. The maximum Gasteiger partial charge on any atom is 0.162 e. The summed E-state index contributed by atoms with van der Waals surface area (Å²) in [5.41, 5.74) is 0.194. The van der Waals surface area contributed by atoms with Crippen molar-refractivity contribution in [3.8, 4) is 17.6 Å². The van der Waals surface area contributed by atoms with Crippen LogP contribution in [0.15, 0.2) is 36.4 Å². The Morgan fingerprint density at radius 3 is 2.42 bits per heavy atom. The van der Waals surface area contributed by atoms with Crippen LogP contribution in [0.1, 0.15) is 36.8 Å². The van der Waals surface area contributed by atoms with Crippen LogP contribution in [0.3, 0.4) is 0 Å². The molecule has 2 aromatic carbocycles. The molecule has 1 aliphatic rings. The van der Waals surface area contributed by atoms with Gasteiger partial charge in [-0.1, -0.05) is 12.1 Å². The lowest BCUT2D eigenvalue weighted by Gasteiger charge is -2.16. The molecule has 1 aliphatic carbocycles. The third-order valence-corrected chi connectivity index (χ3v) is 4.45. The summed E-state index contributed by atoms with van der Waals surface area (Å²) in [6.45, 7) is 0. The van der Waals surface area contributed by atoms with Gasteiger partial charge in [0.25, 0.3) is 0 Å². The standard InChI is InChI=1S/C21H19F2NO2/c1-25-19-10-9-14(12-20(19)26-16-5-2-3-6-16)11-15(13-24)21-17(22)7-4-8-18(21)23/h4,7-12,16H,2-3,5-6H2,1H3. The maximum atomic E-state index is 14.0. The van der Waals surface area contributed by atoms with Gasteiger partial charge >= 0.3 is 0 Å². The molecule has 0 bridgehead atoms. The van der Waals surface area contributed by atoms with E-state index in [0.717, 1.165) is 37.8 Å². The molecule has 0 aliphatic heterocycles. The van der Waals surface area contributed by atoms with E-state index in [9.17, 15) is 14.0 Å². The van der Waals surface area contributed by atoms with Gasteiger partial charge in [0.1, 0.15) is 11.6 Å². The number of allylic oxidation sites excluding steroid dienone is 1. The molecule has 0 radical (unpaired) electrons. The van der Waals surface area contributed by atoms with E-state index in [2.05, 4.69) is 0 Å². The lowest BCUT2D eigenvalue weighted by Crippen LogP contribution is -2.11. The highest BCUT2D eigenvalue weighted by Gasteiger charge is 2.19. The van der Waals surface area contributed by atoms with Crippen LogP contribution in [0.2, 0.25) is 0 Å². The fraction of sp³-hybridized carbons (Fsp3) is 0.286. The first-order valence-corrected chi connectivity index (χ1v) is 8.53. The Bertz CT molecular complexity index is 845. The predicted octanol–water partition coefficient (Wildman–Crippen LogP) is 5.36. The monoisotopic (exact) mass is 355 g/mol. The summed E-state index contributed by atoms with van der Waals surface area (Å²) < 4.78 is 39.3. The van der Waals surface area contributed by atoms with E-state index in [-0.39, 0.29) is 17.2 Å². The molecule has 26 heavy (non-hydrogen) atoms. The number of nitrogens with zero attached hydrogens (tertiary/aromatic N) is 1. The van der Waals surface area contributed by atoms with E-state index in [1.54, 1.807) is 25.3 Å². The van der Waals surface area contributed by atoms with Crippen molar-refractivity contribution in [1.82, 2.24) is 0 Å². The van der Waals surface area contributed by atoms with Gasteiger partial charge in [-0.25, -0.2) is 8.78 Å². The summed E-state index contributed by atoms with van der Waals surface area (Å²) in [6, 6.07) is 10.6. The zero-order chi connectivity index (χ0) is 18.5. The van der Waals surface area contributed by atoms with E-state index >= 15 is 0 Å². The molecule has 0 heterocycles. The van der Waals surface area contributed by atoms with E-state index in [1.165, 1.54) is 12.1 Å². The number of benzene rings is 2. The molecule has 1 saturated carbocycles. The number of rotatable bonds is 5. The van der Waals surface area contributed by atoms with Crippen molar-refractivity contribution < 1.29 is 18.3 Å². The molecule has 134 valence electrons. The van der Waals surface area contributed by atoms with Crippen LogP contribution in [-0.4, -0.2) is 13.2 Å². The molecular weight excluding hydrogens is 336 g/mol. The molecule has 3 rings (SSSR count). The largest absolute Gasteiger partial charge is 0.493 e. The Hall–Kier alpha value is -2.87. The predicted molar refractivity (Wildman–Crippen MR) is 95.7 cm³/mol. The van der Waals surface area contributed by atoms with Gasteiger partial charge in [-0.15, -0.1) is 0 Å². The SMILES string of the molecule is COc1ccc(C=C(C#N)c2c(F)cccc2F)cc1OC1CCCC1. The third-order valence-electron chi connectivity index (χ3n) is 4.45. The average molecular weight is 355 g/mol. The number of nitriles is 1. The minimum Gasteiger partial charge on any atom is -0.493 e. The molecule has 0 spiro atoms. The van der Waals surface area contributed by atoms with Gasteiger partial charge < -0.3 is 9.47 Å². The second-order valence-electron chi connectivity index (χ2n) is 6.20.